The molecular weight excluding hydrogens is 542 g/mol. The number of hydrogen-bond acceptors (Lipinski definition) is 1. The van der Waals surface area contributed by atoms with E-state index in [1.807, 2.05) is 97.1 Å². The molecule has 0 atom stereocenters. The van der Waals surface area contributed by atoms with Gasteiger partial charge in [0.05, 0.1) is 12.3 Å². The molecule has 212 valence electrons. The average molecular weight is 583 g/mol. The maximum atomic E-state index is 9.34. The van der Waals surface area contributed by atoms with Crippen molar-refractivity contribution in [1.82, 2.24) is 0 Å². The lowest BCUT2D eigenvalue weighted by molar-refractivity contribution is 1.28. The molecule has 0 bridgehead atoms. The molecule has 8 aromatic rings. The number of hydrogen-bond donors (Lipinski definition) is 0. The molecule has 1 heteroatoms. The highest BCUT2D eigenvalue weighted by Gasteiger charge is 2.15. The molecule has 0 amide bonds. The second-order valence-corrected chi connectivity index (χ2v) is 10.7. The summed E-state index contributed by atoms with van der Waals surface area (Å²) in [5.41, 5.74) is 4.19. The predicted molar refractivity (Wildman–Crippen MR) is 192 cm³/mol. The van der Waals surface area contributed by atoms with Crippen LogP contribution >= 0.6 is 0 Å². The standard InChI is InChI=1S/C44H31N/c1-2-10-32(11-3-1)34-22-26-40(27-23-34)45(41-28-24-35(25-29-41)38-21-20-33-12-4-5-14-37(33)30-38)42-17-8-16-39(31-42)44-19-9-15-36-13-6-7-18-43(36)44/h1-31H/i1D,2D,3D,10D,11D,22D,23D,26D,27D. The molecule has 8 rings (SSSR count). The molecule has 0 aliphatic rings. The SMILES string of the molecule is [2H]c1c([2H])c([2H])c(-c2c([2H])c([2H])c(N(c3ccc(-c4ccc5ccccc5c4)cc3)c3cccc(-c4cccc5ccccc45)c3)c([2H])c2[2H])c([2H])c1[2H]. The van der Waals surface area contributed by atoms with E-state index >= 15 is 0 Å². The minimum absolute atomic E-state index is 0.0466. The highest BCUT2D eigenvalue weighted by atomic mass is 15.1. The number of benzene rings is 8. The van der Waals surface area contributed by atoms with Crippen molar-refractivity contribution in [1.29, 1.82) is 0 Å². The second-order valence-electron chi connectivity index (χ2n) is 10.7. The zero-order chi connectivity index (χ0) is 37.8. The molecule has 45 heavy (non-hydrogen) atoms. The third kappa shape index (κ3) is 5.26. The van der Waals surface area contributed by atoms with Crippen LogP contribution < -0.4 is 4.90 Å². The van der Waals surface area contributed by atoms with Gasteiger partial charge >= 0.3 is 0 Å². The molecule has 0 aromatic heterocycles. The highest BCUT2D eigenvalue weighted by molar-refractivity contribution is 5.97. The van der Waals surface area contributed by atoms with Crippen LogP contribution in [0.1, 0.15) is 12.3 Å². The molecule has 8 aromatic carbocycles. The molecule has 0 spiro atoms. The Labute approximate surface area is 276 Å². The summed E-state index contributed by atoms with van der Waals surface area (Å²) in [5.74, 6) is 0. The molecule has 0 saturated heterocycles. The third-order valence-corrected chi connectivity index (χ3v) is 8.00. The Morgan fingerprint density at radius 1 is 0.356 bits per heavy atom. The zero-order valence-corrected chi connectivity index (χ0v) is 24.1. The van der Waals surface area contributed by atoms with Gasteiger partial charge in [-0.1, -0.05) is 145 Å². The van der Waals surface area contributed by atoms with Crippen LogP contribution in [0.25, 0.3) is 54.9 Å². The van der Waals surface area contributed by atoms with Crippen LogP contribution in [0.3, 0.4) is 0 Å². The lowest BCUT2D eigenvalue weighted by atomic mass is 9.97. The summed E-state index contributed by atoms with van der Waals surface area (Å²) in [6, 6.07) is 39.0. The largest absolute Gasteiger partial charge is 0.310 e. The monoisotopic (exact) mass is 582 g/mol. The van der Waals surface area contributed by atoms with Crippen LogP contribution in [-0.2, 0) is 0 Å². The smallest absolute Gasteiger partial charge is 0.0645 e. The van der Waals surface area contributed by atoms with Crippen molar-refractivity contribution in [2.45, 2.75) is 0 Å². The number of nitrogens with zero attached hydrogens (tertiary/aromatic N) is 1. The van der Waals surface area contributed by atoms with E-state index in [0.717, 1.165) is 43.8 Å². The van der Waals surface area contributed by atoms with Crippen LogP contribution in [0.5, 0.6) is 0 Å². The van der Waals surface area contributed by atoms with Crippen LogP contribution in [-0.4, -0.2) is 0 Å². The average Bonchev–Trinajstić information content (AvgIpc) is 3.21. The Hall–Kier alpha value is -5.92. The van der Waals surface area contributed by atoms with Crippen molar-refractivity contribution in [3.63, 3.8) is 0 Å². The lowest BCUT2D eigenvalue weighted by Gasteiger charge is -2.26. The van der Waals surface area contributed by atoms with E-state index in [4.69, 9.17) is 9.60 Å². The summed E-state index contributed by atoms with van der Waals surface area (Å²) in [5, 5.41) is 4.36. The summed E-state index contributed by atoms with van der Waals surface area (Å²) in [7, 11) is 0. The van der Waals surface area contributed by atoms with Gasteiger partial charge in [0.25, 0.3) is 0 Å². The summed E-state index contributed by atoms with van der Waals surface area (Å²) in [6.45, 7) is 0. The van der Waals surface area contributed by atoms with Gasteiger partial charge in [-0.3, -0.25) is 0 Å². The van der Waals surface area contributed by atoms with Gasteiger partial charge in [0, 0.05) is 17.1 Å². The molecule has 0 N–H and O–H groups in total. The van der Waals surface area contributed by atoms with Gasteiger partial charge in [-0.2, -0.15) is 0 Å². The number of anilines is 3. The first kappa shape index (κ1) is 18.7. The summed E-state index contributed by atoms with van der Waals surface area (Å²) < 4.78 is 78.5. The Kier molecular flexibility index (Phi) is 4.83. The third-order valence-electron chi connectivity index (χ3n) is 8.00. The van der Waals surface area contributed by atoms with E-state index in [9.17, 15) is 2.74 Å². The minimum atomic E-state index is -0.620. The Bertz CT molecular complexity index is 2720. The first-order valence-electron chi connectivity index (χ1n) is 19.2. The first-order chi connectivity index (χ1) is 26.0. The van der Waals surface area contributed by atoms with Crippen LogP contribution in [0.2, 0.25) is 0 Å². The van der Waals surface area contributed by atoms with Gasteiger partial charge in [0.1, 0.15) is 0 Å². The maximum Gasteiger partial charge on any atom is 0.0645 e. The second kappa shape index (κ2) is 11.6. The minimum Gasteiger partial charge on any atom is -0.310 e. The van der Waals surface area contributed by atoms with E-state index in [1.54, 1.807) is 4.90 Å². The normalized spacial score (nSPS) is 13.9. The van der Waals surface area contributed by atoms with Gasteiger partial charge in [-0.25, -0.2) is 0 Å². The fourth-order valence-electron chi connectivity index (χ4n) is 5.79. The lowest BCUT2D eigenvalue weighted by Crippen LogP contribution is -2.10. The molecule has 0 aliphatic carbocycles. The van der Waals surface area contributed by atoms with Crippen molar-refractivity contribution in [3.05, 3.63) is 188 Å². The van der Waals surface area contributed by atoms with Crippen molar-refractivity contribution in [3.8, 4) is 33.4 Å². The van der Waals surface area contributed by atoms with E-state index < -0.39 is 54.4 Å². The van der Waals surface area contributed by atoms with Crippen LogP contribution in [0.15, 0.2) is 188 Å². The van der Waals surface area contributed by atoms with E-state index in [0.29, 0.717) is 11.4 Å². The molecule has 0 heterocycles. The Morgan fingerprint density at radius 3 is 1.84 bits per heavy atom. The van der Waals surface area contributed by atoms with Crippen molar-refractivity contribution in [2.24, 2.45) is 0 Å². The molecule has 0 aliphatic heterocycles. The molecule has 0 radical (unpaired) electrons. The molecule has 0 saturated carbocycles. The van der Waals surface area contributed by atoms with Crippen molar-refractivity contribution < 1.29 is 12.3 Å². The molecule has 0 fully saturated rings. The van der Waals surface area contributed by atoms with Crippen molar-refractivity contribution >= 4 is 38.6 Å². The van der Waals surface area contributed by atoms with Crippen LogP contribution in [0.4, 0.5) is 17.1 Å². The van der Waals surface area contributed by atoms with E-state index in [-0.39, 0.29) is 16.8 Å². The van der Waals surface area contributed by atoms with Gasteiger partial charge in [0.15, 0.2) is 0 Å². The summed E-state index contributed by atoms with van der Waals surface area (Å²) >= 11 is 0. The topological polar surface area (TPSA) is 3.24 Å². The highest BCUT2D eigenvalue weighted by Crippen LogP contribution is 2.39. The Morgan fingerprint density at radius 2 is 1.02 bits per heavy atom. The first-order valence-corrected chi connectivity index (χ1v) is 14.7. The van der Waals surface area contributed by atoms with Crippen molar-refractivity contribution in [2.75, 3.05) is 4.90 Å². The predicted octanol–water partition coefficient (Wildman–Crippen LogP) is 12.5. The quantitative estimate of drug-likeness (QED) is 0.188. The summed E-state index contributed by atoms with van der Waals surface area (Å²) in [4.78, 5) is 1.69. The van der Waals surface area contributed by atoms with E-state index in [2.05, 4.69) is 36.4 Å². The summed E-state index contributed by atoms with van der Waals surface area (Å²) in [6.07, 6.45) is 0. The fourth-order valence-corrected chi connectivity index (χ4v) is 5.79. The zero-order valence-electron chi connectivity index (χ0n) is 33.1. The van der Waals surface area contributed by atoms with Gasteiger partial charge in [0.2, 0.25) is 0 Å². The maximum absolute atomic E-state index is 9.34. The van der Waals surface area contributed by atoms with E-state index in [1.165, 1.54) is 0 Å². The fraction of sp³-hybridized carbons (Fsp3) is 0. The Balaban J connectivity index is 1.34. The van der Waals surface area contributed by atoms with Gasteiger partial charge in [-0.15, -0.1) is 0 Å². The van der Waals surface area contributed by atoms with Gasteiger partial charge in [-0.05, 0) is 97.3 Å². The molecule has 0 unspecified atom stereocenters. The molecular formula is C44H31N. The molecule has 1 nitrogen and oxygen atoms in total. The van der Waals surface area contributed by atoms with Crippen LogP contribution in [0, 0.1) is 0 Å². The van der Waals surface area contributed by atoms with Gasteiger partial charge < -0.3 is 4.90 Å². The number of fused-ring (bicyclic) bond motifs is 2. The number of rotatable bonds is 6.